The van der Waals surface area contributed by atoms with Gasteiger partial charge in [-0.15, -0.1) is 0 Å². The summed E-state index contributed by atoms with van der Waals surface area (Å²) in [5.41, 5.74) is 0.786. The molecule has 3 heterocycles. The van der Waals surface area contributed by atoms with Crippen LogP contribution in [0.15, 0.2) is 36.7 Å². The number of aromatic nitrogens is 3. The molecule has 27 heavy (non-hydrogen) atoms. The van der Waals surface area contributed by atoms with Gasteiger partial charge in [0.1, 0.15) is 0 Å². The molecule has 8 heteroatoms. The van der Waals surface area contributed by atoms with E-state index in [1.165, 1.54) is 12.5 Å². The van der Waals surface area contributed by atoms with Gasteiger partial charge in [-0.25, -0.2) is 9.37 Å². The van der Waals surface area contributed by atoms with E-state index in [1.807, 2.05) is 30.0 Å². The van der Waals surface area contributed by atoms with E-state index in [1.54, 1.807) is 12.3 Å². The highest BCUT2D eigenvalue weighted by Gasteiger charge is 2.46. The predicted octanol–water partition coefficient (Wildman–Crippen LogP) is 2.96. The minimum atomic E-state index is -0.379. The SMILES string of the molecule is CCNC(=O)/C=C/c1ccccn1.Fc1cnc(Cl)nc1N1CC2CC2C1. The lowest BCUT2D eigenvalue weighted by molar-refractivity contribution is -0.116. The fourth-order valence-electron chi connectivity index (χ4n) is 3.00. The van der Waals surface area contributed by atoms with Crippen molar-refractivity contribution < 1.29 is 9.18 Å². The first-order valence-corrected chi connectivity index (χ1v) is 9.24. The fraction of sp³-hybridized carbons (Fsp3) is 0.368. The molecule has 6 nitrogen and oxygen atoms in total. The Morgan fingerprint density at radius 1 is 1.37 bits per heavy atom. The Balaban J connectivity index is 0.000000157. The molecule has 1 aliphatic carbocycles. The Kier molecular flexibility index (Phi) is 6.34. The molecule has 2 fully saturated rings. The number of amides is 1. The van der Waals surface area contributed by atoms with E-state index in [2.05, 4.69) is 20.3 Å². The van der Waals surface area contributed by atoms with Gasteiger partial charge < -0.3 is 10.2 Å². The second kappa shape index (κ2) is 8.90. The third-order valence-corrected chi connectivity index (χ3v) is 4.60. The number of pyridine rings is 1. The normalized spacial score (nSPS) is 20.0. The highest BCUT2D eigenvalue weighted by Crippen LogP contribution is 2.46. The topological polar surface area (TPSA) is 71.0 Å². The average molecular weight is 390 g/mol. The molecular formula is C19H21ClFN5O. The Hall–Kier alpha value is -2.54. The van der Waals surface area contributed by atoms with Crippen molar-refractivity contribution >= 4 is 29.4 Å². The molecule has 2 unspecified atom stereocenters. The molecular weight excluding hydrogens is 369 g/mol. The summed E-state index contributed by atoms with van der Waals surface area (Å²) in [6.45, 7) is 4.35. The Labute approximate surface area is 162 Å². The van der Waals surface area contributed by atoms with Crippen LogP contribution in [0, 0.1) is 17.7 Å². The smallest absolute Gasteiger partial charge is 0.244 e. The summed E-state index contributed by atoms with van der Waals surface area (Å²) in [5, 5.41) is 2.78. The average Bonchev–Trinajstić information content (AvgIpc) is 3.29. The minimum absolute atomic E-state index is 0.0897. The van der Waals surface area contributed by atoms with E-state index in [0.717, 1.165) is 36.8 Å². The highest BCUT2D eigenvalue weighted by atomic mass is 35.5. The lowest BCUT2D eigenvalue weighted by Crippen LogP contribution is -2.24. The lowest BCUT2D eigenvalue weighted by atomic mass is 10.3. The molecule has 2 aliphatic rings. The molecule has 1 N–H and O–H groups in total. The summed E-state index contributed by atoms with van der Waals surface area (Å²) in [6.07, 6.45) is 7.28. The van der Waals surface area contributed by atoms with Crippen molar-refractivity contribution in [3.8, 4) is 0 Å². The first kappa shape index (κ1) is 19.2. The van der Waals surface area contributed by atoms with Gasteiger partial charge in [-0.3, -0.25) is 9.78 Å². The van der Waals surface area contributed by atoms with Crippen LogP contribution < -0.4 is 10.2 Å². The number of likely N-dealkylation sites (N-methyl/N-ethyl adjacent to an activating group) is 1. The monoisotopic (exact) mass is 389 g/mol. The van der Waals surface area contributed by atoms with Crippen LogP contribution in [0.4, 0.5) is 10.2 Å². The maximum absolute atomic E-state index is 13.3. The number of piperidine rings is 1. The van der Waals surface area contributed by atoms with Crippen LogP contribution in [0.1, 0.15) is 19.0 Å². The van der Waals surface area contributed by atoms with Gasteiger partial charge in [0, 0.05) is 31.9 Å². The van der Waals surface area contributed by atoms with Crippen molar-refractivity contribution in [1.29, 1.82) is 0 Å². The maximum atomic E-state index is 13.3. The Morgan fingerprint density at radius 2 is 2.15 bits per heavy atom. The quantitative estimate of drug-likeness (QED) is 0.643. The van der Waals surface area contributed by atoms with Crippen LogP contribution in [-0.4, -0.2) is 40.5 Å². The van der Waals surface area contributed by atoms with E-state index >= 15 is 0 Å². The molecule has 2 aromatic heterocycles. The number of carbonyl (C=O) groups is 1. The van der Waals surface area contributed by atoms with Gasteiger partial charge in [0.15, 0.2) is 11.6 Å². The van der Waals surface area contributed by atoms with Gasteiger partial charge >= 0.3 is 0 Å². The third kappa shape index (κ3) is 5.47. The molecule has 2 aromatic rings. The highest BCUT2D eigenvalue weighted by molar-refractivity contribution is 6.28. The van der Waals surface area contributed by atoms with Crippen LogP contribution in [0.2, 0.25) is 5.28 Å². The van der Waals surface area contributed by atoms with E-state index < -0.39 is 0 Å². The molecule has 1 amide bonds. The second-order valence-electron chi connectivity index (χ2n) is 6.45. The summed E-state index contributed by atoms with van der Waals surface area (Å²) >= 11 is 5.63. The van der Waals surface area contributed by atoms with E-state index in [4.69, 9.17) is 11.6 Å². The van der Waals surface area contributed by atoms with Crippen LogP contribution in [0.5, 0.6) is 0 Å². The number of rotatable bonds is 4. The molecule has 1 saturated carbocycles. The second-order valence-corrected chi connectivity index (χ2v) is 6.79. The van der Waals surface area contributed by atoms with Gasteiger partial charge in [-0.05, 0) is 55.0 Å². The maximum Gasteiger partial charge on any atom is 0.244 e. The number of nitrogens with one attached hydrogen (secondary N) is 1. The van der Waals surface area contributed by atoms with E-state index in [-0.39, 0.29) is 17.0 Å². The van der Waals surface area contributed by atoms with Crippen molar-refractivity contribution in [2.45, 2.75) is 13.3 Å². The van der Waals surface area contributed by atoms with Crippen molar-refractivity contribution in [3.63, 3.8) is 0 Å². The van der Waals surface area contributed by atoms with Crippen LogP contribution in [-0.2, 0) is 4.79 Å². The standard InChI is InChI=1S/C10H12N2O.C9H9ClFN3/c1-2-11-10(13)7-6-9-5-3-4-8-12-9;10-9-12-2-7(11)8(13-9)14-3-5-1-6(5)4-14/h3-8H,2H2,1H3,(H,11,13);2,5-6H,1,3-4H2/b7-6+;. The molecule has 0 bridgehead atoms. The fourth-order valence-corrected chi connectivity index (χ4v) is 3.13. The van der Waals surface area contributed by atoms with Gasteiger partial charge in [-0.2, -0.15) is 4.98 Å². The molecule has 2 atom stereocenters. The Bertz CT molecular complexity index is 807. The molecule has 1 aliphatic heterocycles. The number of anilines is 1. The zero-order chi connectivity index (χ0) is 19.2. The number of carbonyl (C=O) groups excluding carboxylic acids is 1. The zero-order valence-corrected chi connectivity index (χ0v) is 15.7. The molecule has 0 aromatic carbocycles. The van der Waals surface area contributed by atoms with Crippen molar-refractivity contribution in [2.24, 2.45) is 11.8 Å². The van der Waals surface area contributed by atoms with Crippen LogP contribution >= 0.6 is 11.6 Å². The third-order valence-electron chi connectivity index (χ3n) is 4.42. The van der Waals surface area contributed by atoms with Gasteiger partial charge in [-0.1, -0.05) is 6.07 Å². The summed E-state index contributed by atoms with van der Waals surface area (Å²) in [5.74, 6) is 1.40. The lowest BCUT2D eigenvalue weighted by Gasteiger charge is -2.18. The summed E-state index contributed by atoms with van der Waals surface area (Å²) in [4.78, 5) is 24.5. The summed E-state index contributed by atoms with van der Waals surface area (Å²) < 4.78 is 13.3. The number of hydrogen-bond donors (Lipinski definition) is 1. The summed E-state index contributed by atoms with van der Waals surface area (Å²) in [7, 11) is 0. The number of halogens is 2. The predicted molar refractivity (Wildman–Crippen MR) is 103 cm³/mol. The van der Waals surface area contributed by atoms with Gasteiger partial charge in [0.2, 0.25) is 11.2 Å². The first-order valence-electron chi connectivity index (χ1n) is 8.86. The molecule has 0 radical (unpaired) electrons. The minimum Gasteiger partial charge on any atom is -0.353 e. The Morgan fingerprint density at radius 3 is 2.81 bits per heavy atom. The number of nitrogens with zero attached hydrogens (tertiary/aromatic N) is 4. The van der Waals surface area contributed by atoms with Gasteiger partial charge in [0.05, 0.1) is 11.9 Å². The summed E-state index contributed by atoms with van der Waals surface area (Å²) in [6, 6.07) is 5.56. The van der Waals surface area contributed by atoms with Crippen LogP contribution in [0.3, 0.4) is 0 Å². The van der Waals surface area contributed by atoms with Crippen molar-refractivity contribution in [3.05, 3.63) is 53.5 Å². The molecule has 142 valence electrons. The van der Waals surface area contributed by atoms with E-state index in [0.29, 0.717) is 12.4 Å². The van der Waals surface area contributed by atoms with Crippen LogP contribution in [0.25, 0.3) is 6.08 Å². The molecule has 0 spiro atoms. The van der Waals surface area contributed by atoms with Crippen molar-refractivity contribution in [2.75, 3.05) is 24.5 Å². The number of fused-ring (bicyclic) bond motifs is 1. The number of hydrogen-bond acceptors (Lipinski definition) is 5. The first-order chi connectivity index (χ1) is 13.1. The molecule has 1 saturated heterocycles. The zero-order valence-electron chi connectivity index (χ0n) is 15.0. The molecule has 4 rings (SSSR count). The van der Waals surface area contributed by atoms with E-state index in [9.17, 15) is 9.18 Å². The van der Waals surface area contributed by atoms with Gasteiger partial charge in [0.25, 0.3) is 0 Å². The largest absolute Gasteiger partial charge is 0.353 e. The van der Waals surface area contributed by atoms with Crippen molar-refractivity contribution in [1.82, 2.24) is 20.3 Å².